The van der Waals surface area contributed by atoms with Crippen LogP contribution >= 0.6 is 0 Å². The second-order valence-electron chi connectivity index (χ2n) is 7.11. The van der Waals surface area contributed by atoms with E-state index in [1.54, 1.807) is 31.4 Å². The Labute approximate surface area is 181 Å². The number of carbonyl (C=O) groups is 2. The van der Waals surface area contributed by atoms with Crippen molar-refractivity contribution >= 4 is 33.8 Å². The van der Waals surface area contributed by atoms with Gasteiger partial charge in [-0.15, -0.1) is 0 Å². The van der Waals surface area contributed by atoms with Crippen LogP contribution in [0, 0.1) is 0 Å². The Morgan fingerprint density at radius 2 is 1.65 bits per heavy atom. The van der Waals surface area contributed by atoms with Gasteiger partial charge in [0, 0.05) is 18.2 Å². The fraction of sp³-hybridized carbons (Fsp3) is 0.200. The first-order chi connectivity index (χ1) is 15.1. The number of imide groups is 1. The zero-order chi connectivity index (χ0) is 21.8. The summed E-state index contributed by atoms with van der Waals surface area (Å²) in [4.78, 5) is 27.7. The smallest absolute Gasteiger partial charge is 0.278 e. The number of nitrogens with zero attached hydrogens (tertiary/aromatic N) is 1. The predicted molar refractivity (Wildman–Crippen MR) is 121 cm³/mol. The van der Waals surface area contributed by atoms with Crippen molar-refractivity contribution < 1.29 is 19.1 Å². The minimum Gasteiger partial charge on any atom is -0.494 e. The van der Waals surface area contributed by atoms with Crippen molar-refractivity contribution in [3.05, 3.63) is 78.0 Å². The monoisotopic (exact) mass is 416 g/mol. The number of amides is 2. The molecule has 3 aromatic carbocycles. The normalized spacial score (nSPS) is 13.9. The van der Waals surface area contributed by atoms with Crippen molar-refractivity contribution in [2.45, 2.75) is 6.92 Å². The number of anilines is 1. The third-order valence-corrected chi connectivity index (χ3v) is 5.19. The first-order valence-electron chi connectivity index (χ1n) is 10.2. The van der Waals surface area contributed by atoms with Crippen LogP contribution in [-0.2, 0) is 14.3 Å². The molecule has 3 aromatic rings. The molecule has 0 spiro atoms. The van der Waals surface area contributed by atoms with E-state index in [0.29, 0.717) is 23.5 Å². The maximum atomic E-state index is 13.2. The number of rotatable bonds is 8. The summed E-state index contributed by atoms with van der Waals surface area (Å²) < 4.78 is 10.6. The van der Waals surface area contributed by atoms with Gasteiger partial charge in [-0.3, -0.25) is 14.5 Å². The minimum absolute atomic E-state index is 0.190. The van der Waals surface area contributed by atoms with Crippen molar-refractivity contribution in [2.75, 3.05) is 32.2 Å². The number of fused-ring (bicyclic) bond motifs is 1. The van der Waals surface area contributed by atoms with E-state index in [9.17, 15) is 9.59 Å². The molecule has 0 aromatic heterocycles. The van der Waals surface area contributed by atoms with Gasteiger partial charge in [-0.05, 0) is 36.1 Å². The van der Waals surface area contributed by atoms with Crippen LogP contribution in [0.1, 0.15) is 12.5 Å². The zero-order valence-electron chi connectivity index (χ0n) is 17.6. The Kier molecular flexibility index (Phi) is 6.00. The molecule has 0 bridgehead atoms. The standard InChI is InChI=1S/C25H24N2O4/c1-3-31-19-13-11-18(12-14-19)22-23(25(29)27(24(22)28)15-16-30-2)26-21-10-6-8-17-7-4-5-9-20(17)21/h4-14,26H,3,15-16H2,1-2H3. The Morgan fingerprint density at radius 3 is 2.39 bits per heavy atom. The van der Waals surface area contributed by atoms with Crippen molar-refractivity contribution in [2.24, 2.45) is 0 Å². The molecule has 6 nitrogen and oxygen atoms in total. The summed E-state index contributed by atoms with van der Waals surface area (Å²) in [5.41, 5.74) is 2.04. The van der Waals surface area contributed by atoms with Crippen LogP contribution in [0.2, 0.25) is 0 Å². The summed E-state index contributed by atoms with van der Waals surface area (Å²) in [5.74, 6) is 0.0104. The van der Waals surface area contributed by atoms with E-state index in [1.165, 1.54) is 4.90 Å². The molecule has 0 unspecified atom stereocenters. The molecular formula is C25H24N2O4. The molecule has 1 aliphatic rings. The van der Waals surface area contributed by atoms with Gasteiger partial charge in [-0.2, -0.15) is 0 Å². The zero-order valence-corrected chi connectivity index (χ0v) is 17.6. The van der Waals surface area contributed by atoms with Crippen LogP contribution in [0.4, 0.5) is 5.69 Å². The van der Waals surface area contributed by atoms with Gasteiger partial charge in [0.05, 0.1) is 25.3 Å². The van der Waals surface area contributed by atoms with Gasteiger partial charge >= 0.3 is 0 Å². The first kappa shape index (κ1) is 20.6. The molecule has 6 heteroatoms. The molecule has 2 amide bonds. The average molecular weight is 416 g/mol. The highest BCUT2D eigenvalue weighted by atomic mass is 16.5. The molecule has 0 saturated carbocycles. The summed E-state index contributed by atoms with van der Waals surface area (Å²) >= 11 is 0. The lowest BCUT2D eigenvalue weighted by molar-refractivity contribution is -0.137. The topological polar surface area (TPSA) is 67.9 Å². The summed E-state index contributed by atoms with van der Waals surface area (Å²) in [6, 6.07) is 20.9. The van der Waals surface area contributed by atoms with Crippen LogP contribution in [0.15, 0.2) is 72.4 Å². The molecule has 0 radical (unpaired) electrons. The highest BCUT2D eigenvalue weighted by Crippen LogP contribution is 2.33. The van der Waals surface area contributed by atoms with Gasteiger partial charge < -0.3 is 14.8 Å². The molecule has 4 rings (SSSR count). The van der Waals surface area contributed by atoms with E-state index < -0.39 is 0 Å². The third-order valence-electron chi connectivity index (χ3n) is 5.19. The Balaban J connectivity index is 1.78. The number of benzene rings is 3. The van der Waals surface area contributed by atoms with E-state index >= 15 is 0 Å². The van der Waals surface area contributed by atoms with Crippen molar-refractivity contribution in [3.8, 4) is 5.75 Å². The van der Waals surface area contributed by atoms with Gasteiger partial charge in [0.1, 0.15) is 11.4 Å². The molecule has 0 fully saturated rings. The Morgan fingerprint density at radius 1 is 0.903 bits per heavy atom. The average Bonchev–Trinajstić information content (AvgIpc) is 3.02. The molecule has 0 aliphatic carbocycles. The van der Waals surface area contributed by atoms with Gasteiger partial charge in [0.15, 0.2) is 0 Å². The van der Waals surface area contributed by atoms with Crippen LogP contribution in [0.3, 0.4) is 0 Å². The number of methoxy groups -OCH3 is 1. The lowest BCUT2D eigenvalue weighted by Gasteiger charge is -2.15. The van der Waals surface area contributed by atoms with E-state index in [-0.39, 0.29) is 30.7 Å². The summed E-state index contributed by atoms with van der Waals surface area (Å²) in [5, 5.41) is 5.27. The molecule has 158 valence electrons. The quantitative estimate of drug-likeness (QED) is 0.561. The highest BCUT2D eigenvalue weighted by Gasteiger charge is 2.39. The maximum absolute atomic E-state index is 13.2. The van der Waals surface area contributed by atoms with Crippen LogP contribution < -0.4 is 10.1 Å². The van der Waals surface area contributed by atoms with Crippen LogP contribution in [0.25, 0.3) is 16.3 Å². The van der Waals surface area contributed by atoms with E-state index in [2.05, 4.69) is 5.32 Å². The van der Waals surface area contributed by atoms with E-state index in [1.807, 2.05) is 49.4 Å². The van der Waals surface area contributed by atoms with Crippen LogP contribution in [0.5, 0.6) is 5.75 Å². The molecule has 31 heavy (non-hydrogen) atoms. The Hall–Kier alpha value is -3.64. The van der Waals surface area contributed by atoms with Gasteiger partial charge in [-0.25, -0.2) is 0 Å². The number of ether oxygens (including phenoxy) is 2. The molecule has 1 aliphatic heterocycles. The van der Waals surface area contributed by atoms with Crippen molar-refractivity contribution in [3.63, 3.8) is 0 Å². The summed E-state index contributed by atoms with van der Waals surface area (Å²) in [7, 11) is 1.54. The van der Waals surface area contributed by atoms with Crippen LogP contribution in [-0.4, -0.2) is 43.6 Å². The van der Waals surface area contributed by atoms with Crippen molar-refractivity contribution in [1.29, 1.82) is 0 Å². The van der Waals surface area contributed by atoms with Gasteiger partial charge in [-0.1, -0.05) is 48.5 Å². The molecular weight excluding hydrogens is 392 g/mol. The Bertz CT molecular complexity index is 1150. The number of hydrogen-bond donors (Lipinski definition) is 1. The second-order valence-corrected chi connectivity index (χ2v) is 7.11. The minimum atomic E-state index is -0.362. The third kappa shape index (κ3) is 4.02. The fourth-order valence-electron chi connectivity index (χ4n) is 3.70. The van der Waals surface area contributed by atoms with Crippen molar-refractivity contribution in [1.82, 2.24) is 4.90 Å². The summed E-state index contributed by atoms with van der Waals surface area (Å²) in [6.45, 7) is 2.93. The van der Waals surface area contributed by atoms with E-state index in [0.717, 1.165) is 16.5 Å². The maximum Gasteiger partial charge on any atom is 0.278 e. The SMILES string of the molecule is CCOc1ccc(C2=C(Nc3cccc4ccccc34)C(=O)N(CCOC)C2=O)cc1. The van der Waals surface area contributed by atoms with Gasteiger partial charge in [0.25, 0.3) is 11.8 Å². The number of hydrogen-bond acceptors (Lipinski definition) is 5. The number of nitrogens with one attached hydrogen (secondary N) is 1. The fourth-order valence-corrected chi connectivity index (χ4v) is 3.70. The lowest BCUT2D eigenvalue weighted by Crippen LogP contribution is -2.35. The number of carbonyl (C=O) groups excluding carboxylic acids is 2. The first-order valence-corrected chi connectivity index (χ1v) is 10.2. The lowest BCUT2D eigenvalue weighted by atomic mass is 10.0. The molecule has 0 atom stereocenters. The molecule has 0 saturated heterocycles. The van der Waals surface area contributed by atoms with Gasteiger partial charge in [0.2, 0.25) is 0 Å². The highest BCUT2D eigenvalue weighted by molar-refractivity contribution is 6.36. The largest absolute Gasteiger partial charge is 0.494 e. The summed E-state index contributed by atoms with van der Waals surface area (Å²) in [6.07, 6.45) is 0. The van der Waals surface area contributed by atoms with E-state index in [4.69, 9.17) is 9.47 Å². The predicted octanol–water partition coefficient (Wildman–Crippen LogP) is 4.08. The molecule has 1 N–H and O–H groups in total. The second kappa shape index (κ2) is 9.02. The molecule has 1 heterocycles.